The summed E-state index contributed by atoms with van der Waals surface area (Å²) in [5.74, 6) is -0.798. The molecule has 0 bridgehead atoms. The third kappa shape index (κ3) is 2.33. The number of nitrogens with two attached hydrogens (primary N) is 1. The molecule has 0 fully saturated rings. The zero-order chi connectivity index (χ0) is 12.7. The zero-order valence-electron chi connectivity index (χ0n) is 10.5. The van der Waals surface area contributed by atoms with Crippen molar-refractivity contribution in [2.45, 2.75) is 31.8 Å². The van der Waals surface area contributed by atoms with E-state index in [0.29, 0.717) is 0 Å². The average molecular weight is 281 g/mol. The van der Waals surface area contributed by atoms with E-state index in [1.165, 1.54) is 5.56 Å². The van der Waals surface area contributed by atoms with Crippen LogP contribution in [0.25, 0.3) is 10.9 Å². The number of rotatable bonds is 2. The van der Waals surface area contributed by atoms with Crippen molar-refractivity contribution >= 4 is 29.3 Å². The monoisotopic (exact) mass is 280 g/mol. The summed E-state index contributed by atoms with van der Waals surface area (Å²) in [6.45, 7) is 0.0328. The van der Waals surface area contributed by atoms with Crippen LogP contribution in [0.4, 0.5) is 0 Å². The standard InChI is InChI=1S/C14H16N2O2.ClH/c15-9-5-6-13-11(7-9)10-3-1-2-4-12(10)16(13)8-14(17)18;/h1-4,9H,5-8,15H2,(H,17,18);1H/t9-;/m0./s1. The number of carbonyl (C=O) groups is 1. The second kappa shape index (κ2) is 5.23. The maximum atomic E-state index is 11.0. The summed E-state index contributed by atoms with van der Waals surface area (Å²) < 4.78 is 1.93. The van der Waals surface area contributed by atoms with Gasteiger partial charge in [0.2, 0.25) is 0 Å². The van der Waals surface area contributed by atoms with Gasteiger partial charge in [0, 0.05) is 22.6 Å². The number of benzene rings is 1. The number of para-hydroxylation sites is 1. The van der Waals surface area contributed by atoms with Gasteiger partial charge in [-0.3, -0.25) is 4.79 Å². The van der Waals surface area contributed by atoms with Gasteiger partial charge >= 0.3 is 5.97 Å². The minimum absolute atomic E-state index is 0. The largest absolute Gasteiger partial charge is 0.480 e. The van der Waals surface area contributed by atoms with Crippen LogP contribution >= 0.6 is 12.4 Å². The molecule has 0 saturated heterocycles. The first-order chi connectivity index (χ1) is 8.66. The highest BCUT2D eigenvalue weighted by Crippen LogP contribution is 2.31. The van der Waals surface area contributed by atoms with E-state index in [0.717, 1.165) is 35.9 Å². The van der Waals surface area contributed by atoms with Crippen LogP contribution in [-0.4, -0.2) is 21.7 Å². The lowest BCUT2D eigenvalue weighted by Gasteiger charge is -2.20. The van der Waals surface area contributed by atoms with Crippen LogP contribution in [0.5, 0.6) is 0 Å². The summed E-state index contributed by atoms with van der Waals surface area (Å²) in [7, 11) is 0. The van der Waals surface area contributed by atoms with Crippen molar-refractivity contribution in [3.63, 3.8) is 0 Å². The fourth-order valence-corrected chi connectivity index (χ4v) is 2.94. The van der Waals surface area contributed by atoms with Gasteiger partial charge in [-0.15, -0.1) is 12.4 Å². The molecule has 0 aliphatic heterocycles. The molecule has 3 N–H and O–H groups in total. The lowest BCUT2D eigenvalue weighted by Crippen LogP contribution is -2.28. The van der Waals surface area contributed by atoms with Crippen LogP contribution in [0.3, 0.4) is 0 Å². The van der Waals surface area contributed by atoms with Crippen LogP contribution in [0.15, 0.2) is 24.3 Å². The molecule has 0 saturated carbocycles. The number of nitrogens with zero attached hydrogens (tertiary/aromatic N) is 1. The fourth-order valence-electron chi connectivity index (χ4n) is 2.94. The highest BCUT2D eigenvalue weighted by Gasteiger charge is 2.23. The van der Waals surface area contributed by atoms with Crippen molar-refractivity contribution in [3.8, 4) is 0 Å². The molecule has 4 nitrogen and oxygen atoms in total. The lowest BCUT2D eigenvalue weighted by atomic mass is 9.92. The second-order valence-electron chi connectivity index (χ2n) is 4.93. The van der Waals surface area contributed by atoms with E-state index >= 15 is 0 Å². The van der Waals surface area contributed by atoms with Gasteiger partial charge in [0.25, 0.3) is 0 Å². The molecule has 1 atom stereocenters. The average Bonchev–Trinajstić information content (AvgIpc) is 2.64. The second-order valence-corrected chi connectivity index (χ2v) is 4.93. The molecule has 0 radical (unpaired) electrons. The van der Waals surface area contributed by atoms with Gasteiger partial charge < -0.3 is 15.4 Å². The van der Waals surface area contributed by atoms with Crippen molar-refractivity contribution in [3.05, 3.63) is 35.5 Å². The number of hydrogen-bond donors (Lipinski definition) is 2. The molecule has 0 amide bonds. The smallest absolute Gasteiger partial charge is 0.323 e. The maximum absolute atomic E-state index is 11.0. The zero-order valence-corrected chi connectivity index (χ0v) is 11.3. The molecule has 2 aromatic rings. The quantitative estimate of drug-likeness (QED) is 0.884. The number of aliphatic carboxylic acids is 1. The fraction of sp³-hybridized carbons (Fsp3) is 0.357. The Hall–Kier alpha value is -1.52. The van der Waals surface area contributed by atoms with E-state index in [1.54, 1.807) is 0 Å². The molecule has 1 heterocycles. The molecule has 1 aromatic carbocycles. The lowest BCUT2D eigenvalue weighted by molar-refractivity contribution is -0.137. The molecule has 1 aliphatic rings. The van der Waals surface area contributed by atoms with Gasteiger partial charge in [-0.2, -0.15) is 0 Å². The van der Waals surface area contributed by atoms with Crippen molar-refractivity contribution in [2.24, 2.45) is 5.73 Å². The SMILES string of the molecule is Cl.N[C@H]1CCc2c(c3ccccc3n2CC(=O)O)C1. The molecule has 1 aliphatic carbocycles. The molecular formula is C14H17ClN2O2. The number of carboxylic acid groups (broad SMARTS) is 1. The maximum Gasteiger partial charge on any atom is 0.323 e. The number of hydrogen-bond acceptors (Lipinski definition) is 2. The molecule has 102 valence electrons. The van der Waals surface area contributed by atoms with E-state index in [2.05, 4.69) is 6.07 Å². The topological polar surface area (TPSA) is 68.2 Å². The Labute approximate surface area is 117 Å². The summed E-state index contributed by atoms with van der Waals surface area (Å²) in [6, 6.07) is 8.19. The Morgan fingerprint density at radius 3 is 2.89 bits per heavy atom. The van der Waals surface area contributed by atoms with Gasteiger partial charge in [0.05, 0.1) is 0 Å². The first kappa shape index (κ1) is 13.9. The molecule has 0 spiro atoms. The Morgan fingerprint density at radius 1 is 1.42 bits per heavy atom. The van der Waals surface area contributed by atoms with Crippen molar-refractivity contribution < 1.29 is 9.90 Å². The molecule has 3 rings (SSSR count). The first-order valence-electron chi connectivity index (χ1n) is 6.23. The first-order valence-corrected chi connectivity index (χ1v) is 6.23. The van der Waals surface area contributed by atoms with E-state index in [-0.39, 0.29) is 25.0 Å². The third-order valence-electron chi connectivity index (χ3n) is 3.71. The van der Waals surface area contributed by atoms with Crippen molar-refractivity contribution in [1.82, 2.24) is 4.57 Å². The van der Waals surface area contributed by atoms with E-state index in [1.807, 2.05) is 22.8 Å². The normalized spacial score (nSPS) is 17.8. The summed E-state index contributed by atoms with van der Waals surface area (Å²) in [5.41, 5.74) is 9.43. The predicted molar refractivity (Wildman–Crippen MR) is 76.8 cm³/mol. The van der Waals surface area contributed by atoms with Crippen LogP contribution in [0.1, 0.15) is 17.7 Å². The molecule has 1 aromatic heterocycles. The Balaban J connectivity index is 0.00000133. The Bertz CT molecular complexity index is 621. The molecule has 0 unspecified atom stereocenters. The van der Waals surface area contributed by atoms with Gasteiger partial charge in [-0.25, -0.2) is 0 Å². The molecule has 19 heavy (non-hydrogen) atoms. The number of aromatic nitrogens is 1. The van der Waals surface area contributed by atoms with Crippen LogP contribution in [0.2, 0.25) is 0 Å². The van der Waals surface area contributed by atoms with E-state index in [9.17, 15) is 4.79 Å². The Morgan fingerprint density at radius 2 is 2.16 bits per heavy atom. The minimum atomic E-state index is -0.798. The predicted octanol–water partition coefficient (Wildman–Crippen LogP) is 1.96. The van der Waals surface area contributed by atoms with E-state index in [4.69, 9.17) is 10.8 Å². The van der Waals surface area contributed by atoms with Crippen molar-refractivity contribution in [2.75, 3.05) is 0 Å². The molecular weight excluding hydrogens is 264 g/mol. The summed E-state index contributed by atoms with van der Waals surface area (Å²) in [6.07, 6.45) is 2.66. The highest BCUT2D eigenvalue weighted by atomic mass is 35.5. The Kier molecular flexibility index (Phi) is 3.83. The number of halogens is 1. The summed E-state index contributed by atoms with van der Waals surface area (Å²) in [5, 5.41) is 10.2. The van der Waals surface area contributed by atoms with Crippen LogP contribution in [0, 0.1) is 0 Å². The molecule has 5 heteroatoms. The van der Waals surface area contributed by atoms with Crippen LogP contribution < -0.4 is 5.73 Å². The van der Waals surface area contributed by atoms with Gasteiger partial charge in [-0.05, 0) is 30.9 Å². The van der Waals surface area contributed by atoms with Crippen LogP contribution in [-0.2, 0) is 24.2 Å². The summed E-state index contributed by atoms with van der Waals surface area (Å²) >= 11 is 0. The van der Waals surface area contributed by atoms with Gasteiger partial charge in [0.15, 0.2) is 0 Å². The van der Waals surface area contributed by atoms with Crippen molar-refractivity contribution in [1.29, 1.82) is 0 Å². The minimum Gasteiger partial charge on any atom is -0.480 e. The van der Waals surface area contributed by atoms with Gasteiger partial charge in [0.1, 0.15) is 6.54 Å². The number of carboxylic acids is 1. The van der Waals surface area contributed by atoms with Gasteiger partial charge in [-0.1, -0.05) is 18.2 Å². The highest BCUT2D eigenvalue weighted by molar-refractivity contribution is 5.87. The summed E-state index contributed by atoms with van der Waals surface area (Å²) in [4.78, 5) is 11.0. The van der Waals surface area contributed by atoms with E-state index < -0.39 is 5.97 Å². The third-order valence-corrected chi connectivity index (χ3v) is 3.71. The number of fused-ring (bicyclic) bond motifs is 3.